The number of likely N-dealkylation sites (tertiary alicyclic amines) is 2. The smallest absolute Gasteiger partial charge is 0.242 e. The van der Waals surface area contributed by atoms with Crippen molar-refractivity contribution in [3.63, 3.8) is 0 Å². The van der Waals surface area contributed by atoms with Crippen LogP contribution in [0.1, 0.15) is 51.1 Å². The number of nitrogens with one attached hydrogen (secondary N) is 1. The molecular weight excluding hydrogens is 458 g/mol. The first kappa shape index (κ1) is 24.4. The van der Waals surface area contributed by atoms with Crippen LogP contribution < -0.4 is 4.72 Å². The van der Waals surface area contributed by atoms with Crippen LogP contribution in [0.3, 0.4) is 0 Å². The molecule has 33 heavy (non-hydrogen) atoms. The van der Waals surface area contributed by atoms with Gasteiger partial charge in [0.1, 0.15) is 16.4 Å². The molecule has 1 N–H and O–H groups in total. The lowest BCUT2D eigenvalue weighted by atomic mass is 10.0. The molecule has 2 fully saturated rings. The number of carbonyl (C=O) groups is 1. The maximum Gasteiger partial charge on any atom is 0.242 e. The summed E-state index contributed by atoms with van der Waals surface area (Å²) in [6.45, 7) is 7.87. The number of piperidine rings is 2. The van der Waals surface area contributed by atoms with Crippen molar-refractivity contribution in [2.75, 3.05) is 32.7 Å². The van der Waals surface area contributed by atoms with E-state index in [2.05, 4.69) is 21.5 Å². The molecule has 4 heterocycles. The zero-order valence-corrected chi connectivity index (χ0v) is 21.3. The Morgan fingerprint density at radius 2 is 1.94 bits per heavy atom. The summed E-state index contributed by atoms with van der Waals surface area (Å²) in [5, 5.41) is 2.66. The second kappa shape index (κ2) is 10.7. The molecule has 0 aliphatic carbocycles. The molecule has 0 spiro atoms. The number of thiazole rings is 1. The van der Waals surface area contributed by atoms with Crippen LogP contribution in [0.4, 0.5) is 0 Å². The van der Waals surface area contributed by atoms with Gasteiger partial charge in [0.2, 0.25) is 15.9 Å². The van der Waals surface area contributed by atoms with E-state index in [1.807, 2.05) is 17.2 Å². The third-order valence-electron chi connectivity index (χ3n) is 6.67. The van der Waals surface area contributed by atoms with E-state index < -0.39 is 10.0 Å². The molecule has 4 rings (SSSR count). The Balaban J connectivity index is 1.50. The van der Waals surface area contributed by atoms with Crippen molar-refractivity contribution in [2.45, 2.75) is 69.9 Å². The zero-order chi connectivity index (χ0) is 23.4. The maximum absolute atomic E-state index is 13.1. The number of hydrogen-bond acceptors (Lipinski definition) is 6. The summed E-state index contributed by atoms with van der Waals surface area (Å²) < 4.78 is 30.7. The molecule has 1 atom stereocenters. The van der Waals surface area contributed by atoms with Gasteiger partial charge in [-0.05, 0) is 58.6 Å². The number of hydrogen-bond donors (Lipinski definition) is 1. The van der Waals surface area contributed by atoms with Crippen LogP contribution in [-0.2, 0) is 21.4 Å². The molecule has 0 unspecified atom stereocenters. The van der Waals surface area contributed by atoms with Gasteiger partial charge in [0.15, 0.2) is 0 Å². The Bertz CT molecular complexity index is 1060. The van der Waals surface area contributed by atoms with Gasteiger partial charge in [-0.15, -0.1) is 11.3 Å². The number of aryl methyl sites for hydroxylation is 1. The molecule has 2 saturated heterocycles. The molecule has 2 aromatic rings. The van der Waals surface area contributed by atoms with Crippen LogP contribution in [0.25, 0.3) is 10.7 Å². The Kier molecular flexibility index (Phi) is 7.88. The molecular formula is C23H35N5O3S2. The van der Waals surface area contributed by atoms with Crippen molar-refractivity contribution in [1.29, 1.82) is 0 Å². The fourth-order valence-electron chi connectivity index (χ4n) is 4.70. The van der Waals surface area contributed by atoms with Gasteiger partial charge < -0.3 is 9.47 Å². The van der Waals surface area contributed by atoms with E-state index in [0.717, 1.165) is 56.0 Å². The lowest BCUT2D eigenvalue weighted by molar-refractivity contribution is -0.132. The van der Waals surface area contributed by atoms with Crippen LogP contribution in [0, 0.1) is 6.92 Å². The van der Waals surface area contributed by atoms with Gasteiger partial charge in [0, 0.05) is 49.5 Å². The van der Waals surface area contributed by atoms with Crippen molar-refractivity contribution in [3.8, 4) is 10.7 Å². The highest BCUT2D eigenvalue weighted by Gasteiger charge is 2.24. The second-order valence-electron chi connectivity index (χ2n) is 9.20. The highest BCUT2D eigenvalue weighted by molar-refractivity contribution is 7.89. The minimum Gasteiger partial charge on any atom is -0.341 e. The predicted molar refractivity (Wildman–Crippen MR) is 131 cm³/mol. The van der Waals surface area contributed by atoms with Crippen molar-refractivity contribution >= 4 is 27.3 Å². The quantitative estimate of drug-likeness (QED) is 0.611. The number of carbonyl (C=O) groups excluding carboxylic acids is 1. The number of sulfonamides is 1. The average molecular weight is 494 g/mol. The number of amides is 1. The third-order valence-corrected chi connectivity index (χ3v) is 9.08. The molecule has 10 heteroatoms. The fourth-order valence-corrected chi connectivity index (χ4v) is 6.59. The topological polar surface area (TPSA) is 87.5 Å². The van der Waals surface area contributed by atoms with Crippen LogP contribution in [0.5, 0.6) is 0 Å². The van der Waals surface area contributed by atoms with Crippen molar-refractivity contribution in [2.24, 2.45) is 0 Å². The summed E-state index contributed by atoms with van der Waals surface area (Å²) in [6, 6.07) is 2.14. The summed E-state index contributed by atoms with van der Waals surface area (Å²) in [5.74, 6) is 0.0239. The predicted octanol–water partition coefficient (Wildman–Crippen LogP) is 3.09. The first-order chi connectivity index (χ1) is 15.8. The van der Waals surface area contributed by atoms with Crippen molar-refractivity contribution in [3.05, 3.63) is 23.3 Å². The van der Waals surface area contributed by atoms with Crippen LogP contribution in [0.15, 0.2) is 22.5 Å². The van der Waals surface area contributed by atoms with Gasteiger partial charge in [-0.3, -0.25) is 9.69 Å². The number of aromatic nitrogens is 2. The van der Waals surface area contributed by atoms with Crippen LogP contribution >= 0.6 is 11.3 Å². The molecule has 1 amide bonds. The minimum absolute atomic E-state index is 0.0239. The summed E-state index contributed by atoms with van der Waals surface area (Å²) in [7, 11) is -3.69. The molecule has 182 valence electrons. The highest BCUT2D eigenvalue weighted by Crippen LogP contribution is 2.28. The Morgan fingerprint density at radius 1 is 1.18 bits per heavy atom. The summed E-state index contributed by atoms with van der Waals surface area (Å²) in [4.78, 5) is 21.9. The Morgan fingerprint density at radius 3 is 2.64 bits per heavy atom. The van der Waals surface area contributed by atoms with Gasteiger partial charge in [0.05, 0.1) is 5.69 Å². The monoisotopic (exact) mass is 493 g/mol. The van der Waals surface area contributed by atoms with Gasteiger partial charge >= 0.3 is 0 Å². The first-order valence-corrected chi connectivity index (χ1v) is 14.3. The van der Waals surface area contributed by atoms with E-state index >= 15 is 0 Å². The highest BCUT2D eigenvalue weighted by atomic mass is 32.2. The lowest BCUT2D eigenvalue weighted by Crippen LogP contribution is -2.42. The molecule has 0 bridgehead atoms. The molecule has 0 radical (unpaired) electrons. The molecule has 2 aliphatic heterocycles. The standard InChI is InChI=1S/C23H35N5O3S2/c1-18-17-32-23(25-18)21-14-20(15-28(21)16-22(29)27-11-5-3-6-12-27)33(30,31)24-9-13-26-10-7-4-8-19(26)2/h14-15,17,19,24H,3-13,16H2,1-2H3/t19-/m0/s1. The van der Waals surface area contributed by atoms with Gasteiger partial charge in [-0.25, -0.2) is 18.1 Å². The Labute approximate surface area is 201 Å². The van der Waals surface area contributed by atoms with E-state index in [1.54, 1.807) is 16.8 Å². The van der Waals surface area contributed by atoms with Gasteiger partial charge in [0.25, 0.3) is 0 Å². The van der Waals surface area contributed by atoms with E-state index in [1.165, 1.54) is 24.2 Å². The van der Waals surface area contributed by atoms with E-state index in [4.69, 9.17) is 0 Å². The van der Waals surface area contributed by atoms with Crippen molar-refractivity contribution in [1.82, 2.24) is 24.1 Å². The Hall–Kier alpha value is -1.75. The zero-order valence-electron chi connectivity index (χ0n) is 19.6. The maximum atomic E-state index is 13.1. The first-order valence-electron chi connectivity index (χ1n) is 12.0. The van der Waals surface area contributed by atoms with Crippen molar-refractivity contribution < 1.29 is 13.2 Å². The molecule has 8 nitrogen and oxygen atoms in total. The van der Waals surface area contributed by atoms with E-state index in [9.17, 15) is 13.2 Å². The SMILES string of the molecule is Cc1csc(-c2cc(S(=O)(=O)NCCN3CCCC[C@@H]3C)cn2CC(=O)N2CCCCC2)n1. The number of rotatable bonds is 8. The molecule has 2 aromatic heterocycles. The van der Waals surface area contributed by atoms with Gasteiger partial charge in [-0.1, -0.05) is 6.42 Å². The molecule has 2 aliphatic rings. The van der Waals surface area contributed by atoms with Gasteiger partial charge in [-0.2, -0.15) is 0 Å². The third kappa shape index (κ3) is 6.03. The lowest BCUT2D eigenvalue weighted by Gasteiger charge is -2.33. The summed E-state index contributed by atoms with van der Waals surface area (Å²) in [6.07, 6.45) is 8.36. The van der Waals surface area contributed by atoms with Crippen LogP contribution in [-0.4, -0.2) is 72.4 Å². The fraction of sp³-hybridized carbons (Fsp3) is 0.652. The largest absolute Gasteiger partial charge is 0.341 e. The van der Waals surface area contributed by atoms with E-state index in [-0.39, 0.29) is 17.3 Å². The van der Waals surface area contributed by atoms with E-state index in [0.29, 0.717) is 24.8 Å². The molecule has 0 aromatic carbocycles. The number of nitrogens with zero attached hydrogens (tertiary/aromatic N) is 4. The normalized spacial score (nSPS) is 20.3. The minimum atomic E-state index is -3.69. The average Bonchev–Trinajstić information content (AvgIpc) is 3.42. The summed E-state index contributed by atoms with van der Waals surface area (Å²) >= 11 is 1.46. The molecule has 0 saturated carbocycles. The second-order valence-corrected chi connectivity index (χ2v) is 11.8. The van der Waals surface area contributed by atoms with Crippen LogP contribution in [0.2, 0.25) is 0 Å². The summed E-state index contributed by atoms with van der Waals surface area (Å²) in [5.41, 5.74) is 1.55.